The third-order valence-electron chi connectivity index (χ3n) is 3.10. The van der Waals surface area contributed by atoms with Gasteiger partial charge >= 0.3 is 12.0 Å². The van der Waals surface area contributed by atoms with Gasteiger partial charge in [-0.1, -0.05) is 12.1 Å². The van der Waals surface area contributed by atoms with E-state index in [0.717, 1.165) is 0 Å². The molecule has 0 saturated heterocycles. The molecule has 4 N–H and O–H groups in total. The molecule has 0 saturated carbocycles. The summed E-state index contributed by atoms with van der Waals surface area (Å²) in [5.74, 6) is -1.49. The molecule has 0 aliphatic rings. The summed E-state index contributed by atoms with van der Waals surface area (Å²) in [4.78, 5) is 44.7. The fraction of sp³-hybridized carbons (Fsp3) is 0.0625. The highest BCUT2D eigenvalue weighted by Gasteiger charge is 2.16. The number of nitrogens with zero attached hydrogens (tertiary/aromatic N) is 1. The van der Waals surface area contributed by atoms with Gasteiger partial charge in [-0.25, -0.2) is 9.59 Å². The molecule has 2 rings (SSSR count). The number of carbonyl (C=O) groups excluding carboxylic acids is 3. The van der Waals surface area contributed by atoms with Crippen LogP contribution in [0, 0.1) is 10.1 Å². The minimum atomic E-state index is -0.770. The minimum Gasteiger partial charge on any atom is -0.452 e. The Morgan fingerprint density at radius 1 is 1.04 bits per heavy atom. The highest BCUT2D eigenvalue weighted by atomic mass is 16.6. The maximum atomic E-state index is 11.9. The van der Waals surface area contributed by atoms with Crippen molar-refractivity contribution in [3.63, 3.8) is 0 Å². The van der Waals surface area contributed by atoms with Crippen LogP contribution in [-0.2, 0) is 9.53 Å². The number of hydrogen-bond acceptors (Lipinski definition) is 6. The van der Waals surface area contributed by atoms with E-state index in [4.69, 9.17) is 10.5 Å². The molecule has 0 unspecified atom stereocenters. The monoisotopic (exact) mass is 358 g/mol. The number of nitrogens with one attached hydrogen (secondary N) is 2. The van der Waals surface area contributed by atoms with Crippen molar-refractivity contribution in [2.45, 2.75) is 0 Å². The number of benzene rings is 2. The van der Waals surface area contributed by atoms with Gasteiger partial charge in [0, 0.05) is 11.8 Å². The van der Waals surface area contributed by atoms with Gasteiger partial charge in [-0.05, 0) is 30.3 Å². The van der Waals surface area contributed by atoms with Crippen LogP contribution in [0.3, 0.4) is 0 Å². The second kappa shape index (κ2) is 8.24. The molecule has 0 aliphatic heterocycles. The number of nitro groups is 1. The zero-order valence-electron chi connectivity index (χ0n) is 13.3. The lowest BCUT2D eigenvalue weighted by Crippen LogP contribution is -2.21. The first kappa shape index (κ1) is 18.4. The molecule has 0 aliphatic carbocycles. The van der Waals surface area contributed by atoms with Gasteiger partial charge in [0.1, 0.15) is 5.69 Å². The van der Waals surface area contributed by atoms with Crippen molar-refractivity contribution in [3.05, 3.63) is 64.2 Å². The van der Waals surface area contributed by atoms with Gasteiger partial charge in [0.2, 0.25) is 0 Å². The number of carbonyl (C=O) groups is 3. The van der Waals surface area contributed by atoms with E-state index in [1.165, 1.54) is 48.5 Å². The van der Waals surface area contributed by atoms with E-state index in [9.17, 15) is 24.5 Å². The normalized spacial score (nSPS) is 9.85. The van der Waals surface area contributed by atoms with Crippen LogP contribution in [0.4, 0.5) is 21.9 Å². The summed E-state index contributed by atoms with van der Waals surface area (Å²) in [5, 5.41) is 15.5. The van der Waals surface area contributed by atoms with E-state index in [-0.39, 0.29) is 16.9 Å². The van der Waals surface area contributed by atoms with Crippen LogP contribution < -0.4 is 16.4 Å². The number of para-hydroxylation sites is 2. The maximum Gasteiger partial charge on any atom is 0.338 e. The van der Waals surface area contributed by atoms with E-state index < -0.39 is 29.4 Å². The molecule has 10 heteroatoms. The Hall–Kier alpha value is -3.95. The van der Waals surface area contributed by atoms with Crippen molar-refractivity contribution in [3.8, 4) is 0 Å². The number of esters is 1. The zero-order chi connectivity index (χ0) is 19.1. The molecule has 0 aromatic heterocycles. The number of urea groups is 1. The largest absolute Gasteiger partial charge is 0.452 e. The maximum absolute atomic E-state index is 11.9. The minimum absolute atomic E-state index is 0.000396. The molecule has 10 nitrogen and oxygen atoms in total. The molecule has 3 amide bonds. The van der Waals surface area contributed by atoms with Crippen molar-refractivity contribution in [2.24, 2.45) is 5.73 Å². The lowest BCUT2D eigenvalue weighted by molar-refractivity contribution is -0.383. The third-order valence-corrected chi connectivity index (χ3v) is 3.10. The van der Waals surface area contributed by atoms with Crippen molar-refractivity contribution < 1.29 is 24.0 Å². The van der Waals surface area contributed by atoms with Crippen molar-refractivity contribution >= 4 is 35.0 Å². The fourth-order valence-electron chi connectivity index (χ4n) is 1.97. The first-order chi connectivity index (χ1) is 12.4. The summed E-state index contributed by atoms with van der Waals surface area (Å²) in [7, 11) is 0. The molecule has 0 heterocycles. The third kappa shape index (κ3) is 5.03. The molecule has 0 bridgehead atoms. The number of nitrogens with two attached hydrogens (primary N) is 1. The summed E-state index contributed by atoms with van der Waals surface area (Å²) in [6, 6.07) is 10.5. The van der Waals surface area contributed by atoms with Gasteiger partial charge in [0.05, 0.1) is 10.5 Å². The van der Waals surface area contributed by atoms with Crippen LogP contribution in [0.15, 0.2) is 48.5 Å². The second-order valence-corrected chi connectivity index (χ2v) is 4.97. The Balaban J connectivity index is 1.92. The molecule has 0 atom stereocenters. The van der Waals surface area contributed by atoms with E-state index >= 15 is 0 Å². The van der Waals surface area contributed by atoms with Crippen LogP contribution in [0.25, 0.3) is 0 Å². The SMILES string of the molecule is NC(=O)Nc1ccc(C(=O)OCC(=O)Nc2ccccc2[N+](=O)[O-])cc1. The quantitative estimate of drug-likeness (QED) is 0.407. The van der Waals surface area contributed by atoms with Gasteiger partial charge in [-0.3, -0.25) is 14.9 Å². The van der Waals surface area contributed by atoms with E-state index in [1.807, 2.05) is 0 Å². The summed E-state index contributed by atoms with van der Waals surface area (Å²) in [6.07, 6.45) is 0. The summed E-state index contributed by atoms with van der Waals surface area (Å²) < 4.78 is 4.85. The molecule has 26 heavy (non-hydrogen) atoms. The van der Waals surface area contributed by atoms with Crippen molar-refractivity contribution in [2.75, 3.05) is 17.2 Å². The second-order valence-electron chi connectivity index (χ2n) is 4.97. The Kier molecular flexibility index (Phi) is 5.83. The average molecular weight is 358 g/mol. The predicted molar refractivity (Wildman–Crippen MR) is 91.7 cm³/mol. The molecule has 0 spiro atoms. The molecule has 134 valence electrons. The summed E-state index contributed by atoms with van der Waals surface area (Å²) in [6.45, 7) is -0.619. The number of anilines is 2. The lowest BCUT2D eigenvalue weighted by atomic mass is 10.2. The fourth-order valence-corrected chi connectivity index (χ4v) is 1.97. The van der Waals surface area contributed by atoms with Gasteiger partial charge in [-0.15, -0.1) is 0 Å². The molecule has 2 aromatic carbocycles. The molecular weight excluding hydrogens is 344 g/mol. The molecule has 2 aromatic rings. The van der Waals surface area contributed by atoms with Crippen LogP contribution in [-0.4, -0.2) is 29.4 Å². The van der Waals surface area contributed by atoms with Crippen molar-refractivity contribution in [1.82, 2.24) is 0 Å². The number of ether oxygens (including phenoxy) is 1. The van der Waals surface area contributed by atoms with Gasteiger partial charge in [-0.2, -0.15) is 0 Å². The zero-order valence-corrected chi connectivity index (χ0v) is 13.3. The molecular formula is C16H14N4O6. The summed E-state index contributed by atoms with van der Waals surface area (Å²) in [5.41, 5.74) is 5.24. The van der Waals surface area contributed by atoms with Gasteiger partial charge in [0.15, 0.2) is 6.61 Å². The van der Waals surface area contributed by atoms with E-state index in [1.54, 1.807) is 0 Å². The molecule has 0 fully saturated rings. The Morgan fingerprint density at radius 3 is 2.31 bits per heavy atom. The van der Waals surface area contributed by atoms with Crippen LogP contribution in [0.5, 0.6) is 0 Å². The molecule has 0 radical (unpaired) electrons. The number of amides is 3. The number of rotatable bonds is 6. The highest BCUT2D eigenvalue weighted by Crippen LogP contribution is 2.22. The van der Waals surface area contributed by atoms with Crippen molar-refractivity contribution in [1.29, 1.82) is 0 Å². The Bertz CT molecular complexity index is 850. The number of hydrogen-bond donors (Lipinski definition) is 3. The van der Waals surface area contributed by atoms with Crippen LogP contribution >= 0.6 is 0 Å². The topological polar surface area (TPSA) is 154 Å². The smallest absolute Gasteiger partial charge is 0.338 e. The van der Waals surface area contributed by atoms with Gasteiger partial charge < -0.3 is 21.1 Å². The standard InChI is InChI=1S/C16H14N4O6/c17-16(23)18-11-7-5-10(6-8-11)15(22)26-9-14(21)19-12-3-1-2-4-13(12)20(24)25/h1-8H,9H2,(H,19,21)(H3,17,18,23). The average Bonchev–Trinajstić information content (AvgIpc) is 2.60. The Labute approximate surface area is 147 Å². The first-order valence-electron chi connectivity index (χ1n) is 7.23. The van der Waals surface area contributed by atoms with E-state index in [2.05, 4.69) is 10.6 Å². The number of nitro benzene ring substituents is 1. The highest BCUT2D eigenvalue weighted by molar-refractivity contribution is 5.97. The van der Waals surface area contributed by atoms with E-state index in [0.29, 0.717) is 5.69 Å². The number of primary amides is 1. The predicted octanol–water partition coefficient (Wildman–Crippen LogP) is 1.88. The first-order valence-corrected chi connectivity index (χ1v) is 7.23. The van der Waals surface area contributed by atoms with Gasteiger partial charge in [0.25, 0.3) is 11.6 Å². The van der Waals surface area contributed by atoms with Crippen LogP contribution in [0.2, 0.25) is 0 Å². The lowest BCUT2D eigenvalue weighted by Gasteiger charge is -2.07. The Morgan fingerprint density at radius 2 is 1.69 bits per heavy atom. The summed E-state index contributed by atoms with van der Waals surface area (Å²) >= 11 is 0. The van der Waals surface area contributed by atoms with Crippen LogP contribution in [0.1, 0.15) is 10.4 Å².